The molecule has 2 rings (SSSR count). The van der Waals surface area contributed by atoms with Crippen LogP contribution in [0.4, 0.5) is 5.69 Å². The summed E-state index contributed by atoms with van der Waals surface area (Å²) in [4.78, 5) is 25.5. The summed E-state index contributed by atoms with van der Waals surface area (Å²) < 4.78 is 0. The van der Waals surface area contributed by atoms with Crippen molar-refractivity contribution in [3.8, 4) is 0 Å². The standard InChI is InChI=1S/C17H21NO2/c1-10-7-16-15(8-14(10)12(3)19)11(2)9-17(5,6)18(16)13(4)20/h7-9H,1-6H3. The van der Waals surface area contributed by atoms with Gasteiger partial charge >= 0.3 is 0 Å². The second-order valence-corrected chi connectivity index (χ2v) is 6.08. The largest absolute Gasteiger partial charge is 0.303 e. The number of carbonyl (C=O) groups is 2. The zero-order valence-corrected chi connectivity index (χ0v) is 13.0. The lowest BCUT2D eigenvalue weighted by Crippen LogP contribution is -2.48. The molecule has 1 heterocycles. The predicted octanol–water partition coefficient (Wildman–Crippen LogP) is 3.75. The minimum atomic E-state index is -0.354. The van der Waals surface area contributed by atoms with E-state index < -0.39 is 0 Å². The van der Waals surface area contributed by atoms with Gasteiger partial charge in [0, 0.05) is 18.1 Å². The molecule has 3 heteroatoms. The number of aryl methyl sites for hydroxylation is 1. The first-order valence-corrected chi connectivity index (χ1v) is 6.81. The fourth-order valence-corrected chi connectivity index (χ4v) is 3.13. The fraction of sp³-hybridized carbons (Fsp3) is 0.412. The molecule has 1 aromatic rings. The molecule has 20 heavy (non-hydrogen) atoms. The van der Waals surface area contributed by atoms with Crippen molar-refractivity contribution < 1.29 is 9.59 Å². The maximum absolute atomic E-state index is 12.0. The molecule has 0 atom stereocenters. The van der Waals surface area contributed by atoms with Crippen LogP contribution in [0.25, 0.3) is 5.57 Å². The van der Waals surface area contributed by atoms with E-state index >= 15 is 0 Å². The maximum atomic E-state index is 12.0. The van der Waals surface area contributed by atoms with Crippen LogP contribution < -0.4 is 4.90 Å². The Balaban J connectivity index is 2.76. The lowest BCUT2D eigenvalue weighted by molar-refractivity contribution is -0.117. The van der Waals surface area contributed by atoms with Crippen molar-refractivity contribution in [3.63, 3.8) is 0 Å². The Bertz CT molecular complexity index is 639. The number of carbonyl (C=O) groups excluding carboxylic acids is 2. The van der Waals surface area contributed by atoms with Crippen LogP contribution in [0.3, 0.4) is 0 Å². The highest BCUT2D eigenvalue weighted by Gasteiger charge is 2.34. The zero-order valence-electron chi connectivity index (χ0n) is 13.0. The second-order valence-electron chi connectivity index (χ2n) is 6.08. The van der Waals surface area contributed by atoms with Gasteiger partial charge in [-0.25, -0.2) is 0 Å². The molecule has 1 aliphatic rings. The van der Waals surface area contributed by atoms with E-state index in [1.54, 1.807) is 18.7 Å². The highest BCUT2D eigenvalue weighted by Crippen LogP contribution is 2.40. The summed E-state index contributed by atoms with van der Waals surface area (Å²) in [6.07, 6.45) is 2.08. The van der Waals surface area contributed by atoms with Crippen molar-refractivity contribution in [2.24, 2.45) is 0 Å². The Kier molecular flexibility index (Phi) is 3.32. The summed E-state index contributed by atoms with van der Waals surface area (Å²) in [7, 11) is 0. The van der Waals surface area contributed by atoms with E-state index in [1.807, 2.05) is 39.8 Å². The molecule has 3 nitrogen and oxygen atoms in total. The molecule has 0 saturated carbocycles. The molecule has 0 aromatic heterocycles. The van der Waals surface area contributed by atoms with Gasteiger partial charge in [0.05, 0.1) is 11.2 Å². The Labute approximate surface area is 120 Å². The van der Waals surface area contributed by atoms with Gasteiger partial charge in [0.25, 0.3) is 0 Å². The topological polar surface area (TPSA) is 37.4 Å². The van der Waals surface area contributed by atoms with Gasteiger partial charge in [0.15, 0.2) is 5.78 Å². The number of benzene rings is 1. The first-order valence-electron chi connectivity index (χ1n) is 6.81. The summed E-state index contributed by atoms with van der Waals surface area (Å²) in [6.45, 7) is 11.1. The molecule has 0 fully saturated rings. The minimum Gasteiger partial charge on any atom is -0.303 e. The van der Waals surface area contributed by atoms with Crippen molar-refractivity contribution in [2.75, 3.05) is 4.90 Å². The average molecular weight is 271 g/mol. The van der Waals surface area contributed by atoms with Crippen LogP contribution in [0.15, 0.2) is 18.2 Å². The van der Waals surface area contributed by atoms with Crippen LogP contribution in [0.1, 0.15) is 56.1 Å². The van der Waals surface area contributed by atoms with Gasteiger partial charge in [-0.3, -0.25) is 9.59 Å². The number of anilines is 1. The number of amides is 1. The van der Waals surface area contributed by atoms with Crippen LogP contribution in [0.2, 0.25) is 0 Å². The molecule has 0 aliphatic carbocycles. The van der Waals surface area contributed by atoms with Crippen LogP contribution in [-0.2, 0) is 4.79 Å². The third-order valence-corrected chi connectivity index (χ3v) is 3.85. The molecule has 1 aromatic carbocycles. The van der Waals surface area contributed by atoms with Crippen molar-refractivity contribution in [2.45, 2.75) is 47.1 Å². The molecule has 0 bridgehead atoms. The van der Waals surface area contributed by atoms with Gasteiger partial charge in [-0.05, 0) is 57.9 Å². The van der Waals surface area contributed by atoms with Crippen molar-refractivity contribution in [3.05, 3.63) is 34.9 Å². The molecule has 0 spiro atoms. The molecule has 0 radical (unpaired) electrons. The number of hydrogen-bond donors (Lipinski definition) is 0. The van der Waals surface area contributed by atoms with Gasteiger partial charge < -0.3 is 4.90 Å². The molecule has 1 aliphatic heterocycles. The third kappa shape index (κ3) is 2.17. The smallest absolute Gasteiger partial charge is 0.224 e. The third-order valence-electron chi connectivity index (χ3n) is 3.85. The SMILES string of the molecule is CC(=O)c1cc2c(cc1C)N(C(C)=O)C(C)(C)C=C2C. The highest BCUT2D eigenvalue weighted by molar-refractivity contribution is 6.02. The molecule has 106 valence electrons. The first kappa shape index (κ1) is 14.5. The molecular formula is C17H21NO2. The monoisotopic (exact) mass is 271 g/mol. The lowest BCUT2D eigenvalue weighted by Gasteiger charge is -2.41. The Morgan fingerprint density at radius 3 is 2.20 bits per heavy atom. The predicted molar refractivity (Wildman–Crippen MR) is 82.1 cm³/mol. The van der Waals surface area contributed by atoms with E-state index in [4.69, 9.17) is 0 Å². The summed E-state index contributed by atoms with van der Waals surface area (Å²) in [6, 6.07) is 3.86. The Hall–Kier alpha value is -1.90. The average Bonchev–Trinajstić information content (AvgIpc) is 2.25. The minimum absolute atomic E-state index is 0.00924. The normalized spacial score (nSPS) is 16.5. The van der Waals surface area contributed by atoms with E-state index in [1.165, 1.54) is 0 Å². The van der Waals surface area contributed by atoms with Gasteiger partial charge in [-0.1, -0.05) is 6.08 Å². The fourth-order valence-electron chi connectivity index (χ4n) is 3.13. The van der Waals surface area contributed by atoms with E-state index in [0.29, 0.717) is 0 Å². The maximum Gasteiger partial charge on any atom is 0.224 e. The molecule has 1 amide bonds. The molecule has 0 saturated heterocycles. The summed E-state index contributed by atoms with van der Waals surface area (Å²) in [5.74, 6) is 0.0623. The molecular weight excluding hydrogens is 250 g/mol. The van der Waals surface area contributed by atoms with Crippen molar-refractivity contribution >= 4 is 23.0 Å². The number of ketones is 1. The number of Topliss-reactive ketones (excluding diaryl/α,β-unsaturated/α-hetero) is 1. The van der Waals surface area contributed by atoms with E-state index in [-0.39, 0.29) is 17.2 Å². The van der Waals surface area contributed by atoms with E-state index in [9.17, 15) is 9.59 Å². The summed E-state index contributed by atoms with van der Waals surface area (Å²) in [5, 5.41) is 0. The molecule has 0 N–H and O–H groups in total. The zero-order chi connectivity index (χ0) is 15.2. The van der Waals surface area contributed by atoms with E-state index in [2.05, 4.69) is 6.08 Å². The van der Waals surface area contributed by atoms with E-state index in [0.717, 1.165) is 28.0 Å². The lowest BCUT2D eigenvalue weighted by atomic mass is 9.86. The number of hydrogen-bond acceptors (Lipinski definition) is 2. The quantitative estimate of drug-likeness (QED) is 0.729. The van der Waals surface area contributed by atoms with Crippen LogP contribution in [0, 0.1) is 6.92 Å². The van der Waals surface area contributed by atoms with Gasteiger partial charge in [-0.15, -0.1) is 0 Å². The summed E-state index contributed by atoms with van der Waals surface area (Å²) in [5.41, 5.74) is 4.24. The van der Waals surface area contributed by atoms with Crippen LogP contribution in [0.5, 0.6) is 0 Å². The number of allylic oxidation sites excluding steroid dienone is 1. The Morgan fingerprint density at radius 2 is 1.70 bits per heavy atom. The van der Waals surface area contributed by atoms with Crippen molar-refractivity contribution in [1.82, 2.24) is 0 Å². The molecule has 0 unspecified atom stereocenters. The van der Waals surface area contributed by atoms with Gasteiger partial charge in [-0.2, -0.15) is 0 Å². The highest BCUT2D eigenvalue weighted by atomic mass is 16.2. The number of nitrogens with zero attached hydrogens (tertiary/aromatic N) is 1. The number of rotatable bonds is 1. The van der Waals surface area contributed by atoms with Gasteiger partial charge in [0.2, 0.25) is 5.91 Å². The second kappa shape index (κ2) is 4.58. The first-order chi connectivity index (χ1) is 9.15. The summed E-state index contributed by atoms with van der Waals surface area (Å²) >= 11 is 0. The van der Waals surface area contributed by atoms with Crippen LogP contribution in [-0.4, -0.2) is 17.2 Å². The van der Waals surface area contributed by atoms with Gasteiger partial charge in [0.1, 0.15) is 0 Å². The van der Waals surface area contributed by atoms with Crippen molar-refractivity contribution in [1.29, 1.82) is 0 Å². The van der Waals surface area contributed by atoms with Crippen LogP contribution >= 0.6 is 0 Å². The Morgan fingerprint density at radius 1 is 1.10 bits per heavy atom. The number of fused-ring (bicyclic) bond motifs is 1.